The van der Waals surface area contributed by atoms with Gasteiger partial charge in [-0.1, -0.05) is 155 Å². The first kappa shape index (κ1) is 29.2. The molecule has 0 aliphatic heterocycles. The van der Waals surface area contributed by atoms with Gasteiger partial charge in [-0.25, -0.2) is 0 Å². The van der Waals surface area contributed by atoms with Gasteiger partial charge in [0.05, 0.1) is 0 Å². The summed E-state index contributed by atoms with van der Waals surface area (Å²) in [5.74, 6) is 0. The molecule has 0 saturated carbocycles. The third-order valence-corrected chi connectivity index (χ3v) is 11.8. The maximum Gasteiger partial charge on any atom is 0.0162 e. The van der Waals surface area contributed by atoms with Crippen LogP contribution in [0.15, 0.2) is 158 Å². The Hall–Kier alpha value is -5.72. The first-order valence-corrected chi connectivity index (χ1v) is 17.8. The minimum atomic E-state index is -0.104. The van der Waals surface area contributed by atoms with Crippen LogP contribution >= 0.6 is 0 Å². The van der Waals surface area contributed by atoms with Crippen LogP contribution in [0.25, 0.3) is 77.2 Å². The van der Waals surface area contributed by atoms with Crippen molar-refractivity contribution >= 4 is 21.5 Å². The Morgan fingerprint density at radius 1 is 0.280 bits per heavy atom. The summed E-state index contributed by atoms with van der Waals surface area (Å²) in [6, 6.07) is 59.0. The molecule has 0 heteroatoms. The molecule has 0 spiro atoms. The van der Waals surface area contributed by atoms with Crippen LogP contribution in [0.3, 0.4) is 0 Å². The molecule has 238 valence electrons. The normalized spacial score (nSPS) is 14.7. The van der Waals surface area contributed by atoms with Crippen molar-refractivity contribution in [3.8, 4) is 55.6 Å². The largest absolute Gasteiger partial charge is 0.0619 e. The molecule has 0 nitrogen and oxygen atoms in total. The van der Waals surface area contributed by atoms with Crippen LogP contribution in [-0.2, 0) is 10.8 Å². The lowest BCUT2D eigenvalue weighted by molar-refractivity contribution is 0.601. The molecule has 0 amide bonds. The second-order valence-electron chi connectivity index (χ2n) is 15.4. The fourth-order valence-electron chi connectivity index (χ4n) is 9.21. The lowest BCUT2D eigenvalue weighted by Crippen LogP contribution is -2.24. The van der Waals surface area contributed by atoms with Crippen molar-refractivity contribution in [1.29, 1.82) is 0 Å². The fraction of sp³-hybridized carbons (Fsp3) is 0.120. The van der Waals surface area contributed by atoms with E-state index in [0.717, 1.165) is 0 Å². The molecule has 50 heavy (non-hydrogen) atoms. The molecular weight excluding hydrogens is 601 g/mol. The van der Waals surface area contributed by atoms with E-state index >= 15 is 0 Å². The molecule has 2 aliphatic carbocycles. The zero-order chi connectivity index (χ0) is 33.8. The molecule has 0 unspecified atom stereocenters. The summed E-state index contributed by atoms with van der Waals surface area (Å²) in [5, 5.41) is 5.06. The van der Waals surface area contributed by atoms with Crippen molar-refractivity contribution < 1.29 is 0 Å². The lowest BCUT2D eigenvalue weighted by atomic mass is 9.72. The van der Waals surface area contributed by atoms with E-state index in [1.807, 2.05) is 0 Å². The van der Waals surface area contributed by atoms with Crippen LogP contribution in [0.1, 0.15) is 49.9 Å². The van der Waals surface area contributed by atoms with Gasteiger partial charge >= 0.3 is 0 Å². The standard InChI is InChI=1S/C50H38/c1-49(2)45-15-8-7-14-41(45)43-24-25-44-42-23-22-40(30-46(42)50(3,4)48(44)47(43)49)34-13-9-12-33(27-34)35-18-19-39-29-38(21-20-37(39)28-35)36-17-16-31-10-5-6-11-32(31)26-36/h5-30H,1-4H3. The molecule has 0 bridgehead atoms. The molecule has 0 radical (unpaired) electrons. The molecular formula is C50H38. The summed E-state index contributed by atoms with van der Waals surface area (Å²) in [6.07, 6.45) is 0. The number of hydrogen-bond acceptors (Lipinski definition) is 0. The summed E-state index contributed by atoms with van der Waals surface area (Å²) in [4.78, 5) is 0. The SMILES string of the molecule is CC1(C)c2ccccc2-c2ccc3c(c21)C(C)(C)c1cc(-c2cccc(-c4ccc5cc(-c6ccc7ccccc7c6)ccc5c4)c2)ccc1-3. The highest BCUT2D eigenvalue weighted by molar-refractivity contribution is 5.95. The van der Waals surface area contributed by atoms with E-state index in [2.05, 4.69) is 185 Å². The summed E-state index contributed by atoms with van der Waals surface area (Å²) < 4.78 is 0. The summed E-state index contributed by atoms with van der Waals surface area (Å²) >= 11 is 0. The molecule has 0 N–H and O–H groups in total. The van der Waals surface area contributed by atoms with Gasteiger partial charge in [0.15, 0.2) is 0 Å². The molecule has 0 heterocycles. The van der Waals surface area contributed by atoms with Crippen LogP contribution in [0, 0.1) is 0 Å². The topological polar surface area (TPSA) is 0 Å². The van der Waals surface area contributed by atoms with Crippen molar-refractivity contribution in [3.63, 3.8) is 0 Å². The average molecular weight is 639 g/mol. The highest BCUT2D eigenvalue weighted by atomic mass is 14.5. The summed E-state index contributed by atoms with van der Waals surface area (Å²) in [6.45, 7) is 9.67. The Morgan fingerprint density at radius 2 is 0.700 bits per heavy atom. The van der Waals surface area contributed by atoms with Gasteiger partial charge in [0.1, 0.15) is 0 Å². The Bertz CT molecular complexity index is 2700. The van der Waals surface area contributed by atoms with Gasteiger partial charge in [-0.3, -0.25) is 0 Å². The smallest absolute Gasteiger partial charge is 0.0162 e. The third-order valence-electron chi connectivity index (χ3n) is 11.8. The van der Waals surface area contributed by atoms with Crippen LogP contribution in [-0.4, -0.2) is 0 Å². The van der Waals surface area contributed by atoms with Gasteiger partial charge in [-0.2, -0.15) is 0 Å². The highest BCUT2D eigenvalue weighted by Crippen LogP contribution is 2.59. The fourth-order valence-corrected chi connectivity index (χ4v) is 9.21. The second kappa shape index (κ2) is 10.4. The first-order valence-electron chi connectivity index (χ1n) is 17.8. The number of benzene rings is 8. The molecule has 8 aromatic rings. The monoisotopic (exact) mass is 638 g/mol. The Kier molecular flexibility index (Phi) is 6.07. The van der Waals surface area contributed by atoms with Gasteiger partial charge in [0.2, 0.25) is 0 Å². The number of hydrogen-bond donors (Lipinski definition) is 0. The Morgan fingerprint density at radius 3 is 1.34 bits per heavy atom. The average Bonchev–Trinajstić information content (AvgIpc) is 3.53. The van der Waals surface area contributed by atoms with Crippen LogP contribution < -0.4 is 0 Å². The molecule has 0 aromatic heterocycles. The molecule has 8 aromatic carbocycles. The van der Waals surface area contributed by atoms with Crippen molar-refractivity contribution in [2.45, 2.75) is 38.5 Å². The van der Waals surface area contributed by atoms with Crippen LogP contribution in [0.4, 0.5) is 0 Å². The van der Waals surface area contributed by atoms with Crippen LogP contribution in [0.5, 0.6) is 0 Å². The molecule has 0 saturated heterocycles. The van der Waals surface area contributed by atoms with Gasteiger partial charge < -0.3 is 0 Å². The number of rotatable bonds is 3. The Labute approximate surface area is 294 Å². The molecule has 2 aliphatic rings. The Balaban J connectivity index is 0.998. The van der Waals surface area contributed by atoms with Gasteiger partial charge in [-0.05, 0) is 130 Å². The van der Waals surface area contributed by atoms with Crippen molar-refractivity contribution in [3.05, 3.63) is 180 Å². The van der Waals surface area contributed by atoms with Crippen LogP contribution in [0.2, 0.25) is 0 Å². The second-order valence-corrected chi connectivity index (χ2v) is 15.4. The van der Waals surface area contributed by atoms with E-state index < -0.39 is 0 Å². The minimum Gasteiger partial charge on any atom is -0.0619 e. The summed E-state index contributed by atoms with van der Waals surface area (Å²) in [5.41, 5.74) is 18.8. The predicted molar refractivity (Wildman–Crippen MR) is 213 cm³/mol. The van der Waals surface area contributed by atoms with E-state index in [0.29, 0.717) is 0 Å². The van der Waals surface area contributed by atoms with Crippen molar-refractivity contribution in [2.24, 2.45) is 0 Å². The minimum absolute atomic E-state index is 0.0361. The van der Waals surface area contributed by atoms with Gasteiger partial charge in [0, 0.05) is 10.8 Å². The van der Waals surface area contributed by atoms with E-state index in [4.69, 9.17) is 0 Å². The third kappa shape index (κ3) is 4.18. The number of fused-ring (bicyclic) bond motifs is 9. The van der Waals surface area contributed by atoms with Crippen molar-refractivity contribution in [2.75, 3.05) is 0 Å². The lowest BCUT2D eigenvalue weighted by Gasteiger charge is -2.30. The molecule has 0 fully saturated rings. The first-order chi connectivity index (χ1) is 24.3. The van der Waals surface area contributed by atoms with E-state index in [1.165, 1.54) is 99.4 Å². The zero-order valence-corrected chi connectivity index (χ0v) is 29.0. The summed E-state index contributed by atoms with van der Waals surface area (Å²) in [7, 11) is 0. The molecule has 0 atom stereocenters. The zero-order valence-electron chi connectivity index (χ0n) is 29.0. The quantitative estimate of drug-likeness (QED) is 0.181. The van der Waals surface area contributed by atoms with E-state index in [9.17, 15) is 0 Å². The van der Waals surface area contributed by atoms with E-state index in [-0.39, 0.29) is 10.8 Å². The van der Waals surface area contributed by atoms with Gasteiger partial charge in [-0.15, -0.1) is 0 Å². The van der Waals surface area contributed by atoms with E-state index in [1.54, 1.807) is 0 Å². The molecule has 10 rings (SSSR count). The maximum absolute atomic E-state index is 2.46. The van der Waals surface area contributed by atoms with Crippen molar-refractivity contribution in [1.82, 2.24) is 0 Å². The van der Waals surface area contributed by atoms with Gasteiger partial charge in [0.25, 0.3) is 0 Å². The predicted octanol–water partition coefficient (Wildman–Crippen LogP) is 13.6. The maximum atomic E-state index is 2.46. The highest BCUT2D eigenvalue weighted by Gasteiger charge is 2.45.